The summed E-state index contributed by atoms with van der Waals surface area (Å²) in [5, 5.41) is 1.12. The number of carbonyl (C=O) groups is 1. The molecule has 1 aromatic heterocycles. The quantitative estimate of drug-likeness (QED) is 0.334. The summed E-state index contributed by atoms with van der Waals surface area (Å²) < 4.78 is 0. The van der Waals surface area contributed by atoms with Gasteiger partial charge in [-0.05, 0) is 86.6 Å². The fourth-order valence-corrected chi connectivity index (χ4v) is 6.07. The number of hydrogen-bond donors (Lipinski definition) is 1. The van der Waals surface area contributed by atoms with E-state index in [1.165, 1.54) is 37.7 Å². The van der Waals surface area contributed by atoms with Gasteiger partial charge in [0.15, 0.2) is 0 Å². The smallest absolute Gasteiger partial charge is 0.251 e. The van der Waals surface area contributed by atoms with E-state index in [9.17, 15) is 9.59 Å². The van der Waals surface area contributed by atoms with E-state index in [1.807, 2.05) is 40.8 Å². The Morgan fingerprint density at radius 3 is 2.47 bits per heavy atom. The van der Waals surface area contributed by atoms with Crippen molar-refractivity contribution in [2.75, 3.05) is 13.1 Å². The molecule has 5 nitrogen and oxygen atoms in total. The Kier molecular flexibility index (Phi) is 10.2. The van der Waals surface area contributed by atoms with E-state index in [1.54, 1.807) is 6.21 Å². The van der Waals surface area contributed by atoms with Gasteiger partial charge in [-0.2, -0.15) is 0 Å². The number of hydrogen-bond acceptors (Lipinski definition) is 4. The zero-order valence-electron chi connectivity index (χ0n) is 23.0. The molecular weight excluding hydrogens is 446 g/mol. The molecule has 5 heteroatoms. The molecule has 1 aliphatic carbocycles. The predicted molar refractivity (Wildman–Crippen MR) is 152 cm³/mol. The van der Waals surface area contributed by atoms with Crippen molar-refractivity contribution in [2.45, 2.75) is 92.0 Å². The Bertz CT molecular complexity index is 1120. The Morgan fingerprint density at radius 2 is 1.86 bits per heavy atom. The number of aromatic nitrogens is 1. The summed E-state index contributed by atoms with van der Waals surface area (Å²) in [6, 6.07) is 9.00. The number of H-pyrrole nitrogens is 1. The van der Waals surface area contributed by atoms with Crippen molar-refractivity contribution in [3.05, 3.63) is 57.5 Å². The van der Waals surface area contributed by atoms with E-state index >= 15 is 0 Å². The number of pyridine rings is 1. The number of piperidine rings is 1. The van der Waals surface area contributed by atoms with Crippen LogP contribution >= 0.6 is 0 Å². The Balaban J connectivity index is 0.00000176. The molecule has 1 N–H and O–H groups in total. The highest BCUT2D eigenvalue weighted by atomic mass is 16.1. The molecule has 2 aliphatic rings. The SMILES string of the molecule is CC.CC=N/C=C(/C)C1(C=O)CCN(C(c2ccc3[nH]c(=O)c(CC)cc3c2)C2CCCCC2)CC1. The number of benzene rings is 1. The van der Waals surface area contributed by atoms with Crippen LogP contribution in [-0.4, -0.2) is 35.5 Å². The molecule has 1 saturated heterocycles. The summed E-state index contributed by atoms with van der Waals surface area (Å²) in [7, 11) is 0. The maximum absolute atomic E-state index is 12.3. The number of aldehydes is 1. The Labute approximate surface area is 217 Å². The highest BCUT2D eigenvalue weighted by Crippen LogP contribution is 2.44. The van der Waals surface area contributed by atoms with Crippen molar-refractivity contribution in [3.8, 4) is 0 Å². The van der Waals surface area contributed by atoms with Gasteiger partial charge in [-0.15, -0.1) is 0 Å². The van der Waals surface area contributed by atoms with Crippen LogP contribution < -0.4 is 5.56 Å². The topological polar surface area (TPSA) is 65.5 Å². The summed E-state index contributed by atoms with van der Waals surface area (Å²) in [5.74, 6) is 0.629. The summed E-state index contributed by atoms with van der Waals surface area (Å²) >= 11 is 0. The summed E-state index contributed by atoms with van der Waals surface area (Å²) in [6.45, 7) is 11.8. The first-order valence-corrected chi connectivity index (χ1v) is 14.0. The molecule has 1 saturated carbocycles. The van der Waals surface area contributed by atoms with Gasteiger partial charge >= 0.3 is 0 Å². The number of allylic oxidation sites excluding steroid dienone is 1. The average molecular weight is 492 g/mol. The lowest BCUT2D eigenvalue weighted by Gasteiger charge is -2.45. The molecule has 2 fully saturated rings. The number of nitrogens with zero attached hydrogens (tertiary/aromatic N) is 2. The zero-order chi connectivity index (χ0) is 26.1. The van der Waals surface area contributed by atoms with Crippen LogP contribution in [0.25, 0.3) is 10.9 Å². The minimum absolute atomic E-state index is 0.0173. The van der Waals surface area contributed by atoms with Gasteiger partial charge in [0.2, 0.25) is 0 Å². The zero-order valence-corrected chi connectivity index (χ0v) is 23.0. The van der Waals surface area contributed by atoms with Crippen LogP contribution in [0.15, 0.2) is 45.8 Å². The Morgan fingerprint density at radius 1 is 1.17 bits per heavy atom. The molecule has 36 heavy (non-hydrogen) atoms. The minimum atomic E-state index is -0.404. The number of aliphatic imine (C=N–C) groups is 1. The molecule has 0 bridgehead atoms. The van der Waals surface area contributed by atoms with Crippen LogP contribution in [0.1, 0.15) is 96.7 Å². The number of carbonyl (C=O) groups excluding carboxylic acids is 1. The molecule has 4 rings (SSSR count). The third-order valence-electron chi connectivity index (χ3n) is 8.28. The first-order chi connectivity index (χ1) is 17.5. The van der Waals surface area contributed by atoms with E-state index in [0.29, 0.717) is 12.0 Å². The second-order valence-electron chi connectivity index (χ2n) is 10.2. The minimum Gasteiger partial charge on any atom is -0.322 e. The molecule has 196 valence electrons. The van der Waals surface area contributed by atoms with Crippen molar-refractivity contribution in [1.82, 2.24) is 9.88 Å². The third-order valence-corrected chi connectivity index (χ3v) is 8.28. The standard InChI is InChI=1S/C29H39N3O2.C2H6/c1-4-22-17-25-18-24(11-12-26(25)31-28(22)34)27(23-9-7-6-8-10-23)32-15-13-29(20-33,14-16-32)21(3)19-30-5-2;1-2/h5,11-12,17-20,23,27H,4,6-10,13-16H2,1-3H3,(H,31,34);1-2H3/b21-19-,30-5?;. The molecule has 1 atom stereocenters. The fourth-order valence-electron chi connectivity index (χ4n) is 6.07. The summed E-state index contributed by atoms with van der Waals surface area (Å²) in [4.78, 5) is 34.5. The van der Waals surface area contributed by atoms with Gasteiger partial charge in [-0.25, -0.2) is 0 Å². The van der Waals surface area contributed by atoms with E-state index in [4.69, 9.17) is 0 Å². The van der Waals surface area contributed by atoms with Gasteiger partial charge in [-0.3, -0.25) is 14.7 Å². The van der Waals surface area contributed by atoms with E-state index < -0.39 is 5.41 Å². The van der Waals surface area contributed by atoms with Crippen molar-refractivity contribution >= 4 is 23.4 Å². The normalized spacial score (nSPS) is 20.2. The van der Waals surface area contributed by atoms with Crippen LogP contribution in [0.2, 0.25) is 0 Å². The molecule has 2 heterocycles. The third kappa shape index (κ3) is 6.05. The van der Waals surface area contributed by atoms with Crippen molar-refractivity contribution < 1.29 is 4.79 Å². The molecule has 0 spiro atoms. The van der Waals surface area contributed by atoms with Crippen LogP contribution in [0, 0.1) is 11.3 Å². The molecule has 0 radical (unpaired) electrons. The van der Waals surface area contributed by atoms with Gasteiger partial charge in [-0.1, -0.05) is 46.1 Å². The van der Waals surface area contributed by atoms with Gasteiger partial charge in [0.05, 0.1) is 5.41 Å². The van der Waals surface area contributed by atoms with E-state index in [-0.39, 0.29) is 5.56 Å². The van der Waals surface area contributed by atoms with Crippen LogP contribution in [0.3, 0.4) is 0 Å². The maximum Gasteiger partial charge on any atom is 0.251 e. The van der Waals surface area contributed by atoms with Crippen molar-refractivity contribution in [3.63, 3.8) is 0 Å². The lowest BCUT2D eigenvalue weighted by molar-refractivity contribution is -0.117. The fraction of sp³-hybridized carbons (Fsp3) is 0.581. The van der Waals surface area contributed by atoms with E-state index in [0.717, 1.165) is 60.7 Å². The van der Waals surface area contributed by atoms with Crippen molar-refractivity contribution in [2.24, 2.45) is 16.3 Å². The first kappa shape index (κ1) is 28.0. The predicted octanol–water partition coefficient (Wildman–Crippen LogP) is 7.01. The lowest BCUT2D eigenvalue weighted by Crippen LogP contribution is -2.45. The summed E-state index contributed by atoms with van der Waals surface area (Å²) in [5.41, 5.74) is 3.77. The van der Waals surface area contributed by atoms with Crippen LogP contribution in [0.4, 0.5) is 0 Å². The average Bonchev–Trinajstić information content (AvgIpc) is 2.93. The molecule has 1 aliphatic heterocycles. The highest BCUT2D eigenvalue weighted by molar-refractivity contribution is 5.80. The number of fused-ring (bicyclic) bond motifs is 1. The second kappa shape index (κ2) is 13.1. The van der Waals surface area contributed by atoms with Gasteiger partial charge in [0.25, 0.3) is 5.56 Å². The van der Waals surface area contributed by atoms with Gasteiger partial charge < -0.3 is 9.78 Å². The monoisotopic (exact) mass is 491 g/mol. The Hall–Kier alpha value is -2.53. The van der Waals surface area contributed by atoms with Gasteiger partial charge in [0.1, 0.15) is 6.29 Å². The lowest BCUT2D eigenvalue weighted by atomic mass is 9.72. The molecule has 1 unspecified atom stereocenters. The number of likely N-dealkylation sites (tertiary alicyclic amines) is 1. The molecule has 1 aromatic carbocycles. The first-order valence-electron chi connectivity index (χ1n) is 14.0. The maximum atomic E-state index is 12.3. The number of aromatic amines is 1. The molecule has 0 amide bonds. The van der Waals surface area contributed by atoms with Crippen LogP contribution in [-0.2, 0) is 11.2 Å². The molecule has 2 aromatic rings. The number of rotatable bonds is 7. The van der Waals surface area contributed by atoms with Crippen molar-refractivity contribution in [1.29, 1.82) is 0 Å². The number of aryl methyl sites for hydroxylation is 1. The molecular formula is C31H45N3O2. The van der Waals surface area contributed by atoms with E-state index in [2.05, 4.69) is 39.1 Å². The second-order valence-corrected chi connectivity index (χ2v) is 10.2. The van der Waals surface area contributed by atoms with Gasteiger partial charge in [0, 0.05) is 42.6 Å². The number of nitrogens with one attached hydrogen (secondary N) is 1. The largest absolute Gasteiger partial charge is 0.322 e. The summed E-state index contributed by atoms with van der Waals surface area (Å²) in [6.07, 6.45) is 13.6. The highest BCUT2D eigenvalue weighted by Gasteiger charge is 2.40. The van der Waals surface area contributed by atoms with Crippen LogP contribution in [0.5, 0.6) is 0 Å².